The molecule has 2 aromatic rings. The topological polar surface area (TPSA) is 22.1 Å². The van der Waals surface area contributed by atoms with Crippen molar-refractivity contribution in [3.63, 3.8) is 0 Å². The second kappa shape index (κ2) is 7.77. The fourth-order valence-electron chi connectivity index (χ4n) is 1.80. The van der Waals surface area contributed by atoms with Crippen LogP contribution in [0.25, 0.3) is 10.6 Å². The van der Waals surface area contributed by atoms with E-state index in [0.717, 1.165) is 29.3 Å². The number of nitrogens with zero attached hydrogens (tertiary/aromatic N) is 1. The van der Waals surface area contributed by atoms with Gasteiger partial charge in [0.2, 0.25) is 0 Å². The highest BCUT2D eigenvalue weighted by Gasteiger charge is 2.05. The van der Waals surface area contributed by atoms with Gasteiger partial charge in [0.1, 0.15) is 5.01 Å². The highest BCUT2D eigenvalue weighted by molar-refractivity contribution is 7.13. The van der Waals surface area contributed by atoms with Crippen molar-refractivity contribution in [2.45, 2.75) is 32.8 Å². The third-order valence-electron chi connectivity index (χ3n) is 2.97. The fourth-order valence-corrected chi connectivity index (χ4v) is 2.85. The summed E-state index contributed by atoms with van der Waals surface area (Å²) in [4.78, 5) is 4.51. The third kappa shape index (κ3) is 4.58. The van der Waals surface area contributed by atoms with E-state index in [0.29, 0.717) is 18.4 Å². The smallest absolute Gasteiger partial charge is 0.123 e. The minimum absolute atomic E-state index is 0.467. The van der Waals surface area contributed by atoms with Gasteiger partial charge in [-0.05, 0) is 24.0 Å². The summed E-state index contributed by atoms with van der Waals surface area (Å²) in [5, 5.41) is 3.03. The highest BCUT2D eigenvalue weighted by atomic mass is 35.5. The predicted molar refractivity (Wildman–Crippen MR) is 86.2 cm³/mol. The minimum Gasteiger partial charge on any atom is -0.377 e. The van der Waals surface area contributed by atoms with Gasteiger partial charge in [0, 0.05) is 17.6 Å². The van der Waals surface area contributed by atoms with Crippen molar-refractivity contribution < 1.29 is 4.74 Å². The van der Waals surface area contributed by atoms with Crippen molar-refractivity contribution in [1.29, 1.82) is 0 Å². The zero-order chi connectivity index (χ0) is 14.4. The zero-order valence-electron chi connectivity index (χ0n) is 11.9. The van der Waals surface area contributed by atoms with Gasteiger partial charge in [-0.2, -0.15) is 0 Å². The Kier molecular flexibility index (Phi) is 6.02. The summed E-state index contributed by atoms with van der Waals surface area (Å²) in [7, 11) is 0. The molecule has 2 nitrogen and oxygen atoms in total. The average Bonchev–Trinajstić information content (AvgIpc) is 2.93. The van der Waals surface area contributed by atoms with Crippen LogP contribution >= 0.6 is 22.9 Å². The number of hydrogen-bond acceptors (Lipinski definition) is 3. The average molecular weight is 310 g/mol. The van der Waals surface area contributed by atoms with E-state index in [1.54, 1.807) is 11.3 Å². The monoisotopic (exact) mass is 309 g/mol. The molecule has 0 amide bonds. The second-order valence-electron chi connectivity index (χ2n) is 5.21. The molecule has 0 saturated carbocycles. The molecule has 20 heavy (non-hydrogen) atoms. The Morgan fingerprint density at radius 3 is 2.90 bits per heavy atom. The lowest BCUT2D eigenvalue weighted by atomic mass is 10.1. The molecule has 0 saturated heterocycles. The summed E-state index contributed by atoms with van der Waals surface area (Å²) in [6, 6.07) is 8.37. The summed E-state index contributed by atoms with van der Waals surface area (Å²) >= 11 is 7.42. The Labute approximate surface area is 129 Å². The molecule has 0 N–H and O–H groups in total. The van der Waals surface area contributed by atoms with Crippen LogP contribution in [0.15, 0.2) is 29.6 Å². The molecule has 2 rings (SSSR count). The lowest BCUT2D eigenvalue weighted by molar-refractivity contribution is 0.111. The number of aromatic nitrogens is 1. The molecule has 0 aliphatic rings. The van der Waals surface area contributed by atoms with Crippen LogP contribution in [0.1, 0.15) is 31.5 Å². The van der Waals surface area contributed by atoms with Crippen molar-refractivity contribution in [2.75, 3.05) is 6.61 Å². The number of halogens is 1. The number of ether oxygens (including phenoxy) is 1. The molecule has 0 atom stereocenters. The standard InChI is InChI=1S/C16H20ClNOS/c1-12(2)6-7-19-10-13-4-3-5-14(8-13)16-18-15(9-17)11-20-16/h3-5,8,11-12H,6-7,9-10H2,1-2H3. The van der Waals surface area contributed by atoms with Crippen molar-refractivity contribution in [3.8, 4) is 10.6 Å². The Balaban J connectivity index is 1.97. The van der Waals surface area contributed by atoms with Gasteiger partial charge in [0.05, 0.1) is 18.2 Å². The van der Waals surface area contributed by atoms with E-state index in [1.807, 2.05) is 5.38 Å². The quantitative estimate of drug-likeness (QED) is 0.523. The maximum Gasteiger partial charge on any atom is 0.123 e. The van der Waals surface area contributed by atoms with Gasteiger partial charge >= 0.3 is 0 Å². The van der Waals surface area contributed by atoms with Gasteiger partial charge in [-0.25, -0.2) is 4.98 Å². The fraction of sp³-hybridized carbons (Fsp3) is 0.438. The van der Waals surface area contributed by atoms with E-state index in [-0.39, 0.29) is 0 Å². The molecule has 1 aromatic carbocycles. The highest BCUT2D eigenvalue weighted by Crippen LogP contribution is 2.25. The van der Waals surface area contributed by atoms with Gasteiger partial charge in [-0.15, -0.1) is 22.9 Å². The van der Waals surface area contributed by atoms with Crippen LogP contribution in [-0.4, -0.2) is 11.6 Å². The normalized spacial score (nSPS) is 11.2. The number of hydrogen-bond donors (Lipinski definition) is 0. The molecular weight excluding hydrogens is 290 g/mol. The Hall–Kier alpha value is -0.900. The molecule has 0 unspecified atom stereocenters. The van der Waals surface area contributed by atoms with E-state index in [4.69, 9.17) is 16.3 Å². The Morgan fingerprint density at radius 2 is 2.20 bits per heavy atom. The maximum absolute atomic E-state index is 5.79. The summed E-state index contributed by atoms with van der Waals surface area (Å²) in [6.07, 6.45) is 1.10. The van der Waals surface area contributed by atoms with Crippen LogP contribution in [0.4, 0.5) is 0 Å². The number of rotatable bonds is 7. The molecule has 1 heterocycles. The number of thiazole rings is 1. The molecule has 0 fully saturated rings. The number of benzene rings is 1. The number of alkyl halides is 1. The van der Waals surface area contributed by atoms with E-state index < -0.39 is 0 Å². The summed E-state index contributed by atoms with van der Waals surface area (Å²) < 4.78 is 5.71. The van der Waals surface area contributed by atoms with Crippen molar-refractivity contribution in [1.82, 2.24) is 4.98 Å². The maximum atomic E-state index is 5.79. The van der Waals surface area contributed by atoms with Crippen molar-refractivity contribution >= 4 is 22.9 Å². The van der Waals surface area contributed by atoms with Crippen LogP contribution in [0.2, 0.25) is 0 Å². The Morgan fingerprint density at radius 1 is 1.35 bits per heavy atom. The van der Waals surface area contributed by atoms with E-state index in [9.17, 15) is 0 Å². The SMILES string of the molecule is CC(C)CCOCc1cccc(-c2nc(CCl)cs2)c1. The summed E-state index contributed by atoms with van der Waals surface area (Å²) in [5.41, 5.74) is 3.26. The lowest BCUT2D eigenvalue weighted by Crippen LogP contribution is -1.99. The largest absolute Gasteiger partial charge is 0.377 e. The van der Waals surface area contributed by atoms with Crippen LogP contribution in [0.5, 0.6) is 0 Å². The molecule has 0 bridgehead atoms. The van der Waals surface area contributed by atoms with Crippen LogP contribution in [0.3, 0.4) is 0 Å². The Bertz CT molecular complexity index is 539. The first-order valence-electron chi connectivity index (χ1n) is 6.86. The van der Waals surface area contributed by atoms with Gasteiger partial charge in [-0.1, -0.05) is 32.0 Å². The second-order valence-corrected chi connectivity index (χ2v) is 6.34. The lowest BCUT2D eigenvalue weighted by Gasteiger charge is -2.07. The van der Waals surface area contributed by atoms with E-state index in [2.05, 4.69) is 43.1 Å². The van der Waals surface area contributed by atoms with Crippen molar-refractivity contribution in [2.24, 2.45) is 5.92 Å². The van der Waals surface area contributed by atoms with Crippen molar-refractivity contribution in [3.05, 3.63) is 40.9 Å². The molecule has 0 aliphatic carbocycles. The first kappa shape index (κ1) is 15.5. The molecule has 108 valence electrons. The molecule has 0 spiro atoms. The first-order chi connectivity index (χ1) is 9.69. The summed E-state index contributed by atoms with van der Waals surface area (Å²) in [5.74, 6) is 1.15. The zero-order valence-corrected chi connectivity index (χ0v) is 13.5. The summed E-state index contributed by atoms with van der Waals surface area (Å²) in [6.45, 7) is 5.89. The minimum atomic E-state index is 0.467. The van der Waals surface area contributed by atoms with Crippen LogP contribution < -0.4 is 0 Å². The molecule has 1 aromatic heterocycles. The predicted octanol–water partition coefficient (Wildman–Crippen LogP) is 5.11. The molecular formula is C16H20ClNOS. The molecule has 0 radical (unpaired) electrons. The van der Waals surface area contributed by atoms with Gasteiger partial charge in [0.25, 0.3) is 0 Å². The first-order valence-corrected chi connectivity index (χ1v) is 8.28. The van der Waals surface area contributed by atoms with Gasteiger partial charge < -0.3 is 4.74 Å². The molecule has 4 heteroatoms. The van der Waals surface area contributed by atoms with Crippen LogP contribution in [0, 0.1) is 5.92 Å². The van der Waals surface area contributed by atoms with Gasteiger partial charge in [0.15, 0.2) is 0 Å². The molecule has 0 aliphatic heterocycles. The van der Waals surface area contributed by atoms with E-state index >= 15 is 0 Å². The van der Waals surface area contributed by atoms with E-state index in [1.165, 1.54) is 5.56 Å². The third-order valence-corrected chi connectivity index (χ3v) is 4.18. The van der Waals surface area contributed by atoms with Gasteiger partial charge in [-0.3, -0.25) is 0 Å². The van der Waals surface area contributed by atoms with Crippen LogP contribution in [-0.2, 0) is 17.2 Å².